The van der Waals surface area contributed by atoms with Crippen molar-refractivity contribution >= 4 is 9.05 Å². The average molecular weight is 277 g/mol. The second-order valence-corrected chi connectivity index (χ2v) is 6.03. The lowest BCUT2D eigenvalue weighted by Crippen LogP contribution is -2.52. The highest BCUT2D eigenvalue weighted by molar-refractivity contribution is 6.53. The molecule has 0 amide bonds. The fraction of sp³-hybridized carbons (Fsp3) is 0.923. The van der Waals surface area contributed by atoms with Crippen molar-refractivity contribution in [3.8, 4) is 0 Å². The first-order chi connectivity index (χ1) is 8.59. The first-order valence-corrected chi connectivity index (χ1v) is 8.66. The van der Waals surface area contributed by atoms with Gasteiger partial charge in [-0.15, -0.1) is 0 Å². The van der Waals surface area contributed by atoms with Crippen molar-refractivity contribution in [2.24, 2.45) is 0 Å². The predicted octanol–water partition coefficient (Wildman–Crippen LogP) is 3.33. The van der Waals surface area contributed by atoms with Crippen molar-refractivity contribution < 1.29 is 17.7 Å². The van der Waals surface area contributed by atoms with Crippen LogP contribution in [0.4, 0.5) is 0 Å². The maximum absolute atomic E-state index is 6.04. The minimum atomic E-state index is -2.97. The third-order valence-corrected chi connectivity index (χ3v) is 5.34. The summed E-state index contributed by atoms with van der Waals surface area (Å²) < 4.78 is 23.1. The lowest BCUT2D eigenvalue weighted by molar-refractivity contribution is -0.0444. The Bertz CT molecular complexity index is 180. The molecule has 1 radical (unpaired) electrons. The minimum Gasteiger partial charge on any atom is -0.351 e. The summed E-state index contributed by atoms with van der Waals surface area (Å²) in [6.07, 6.45) is 2.02. The third kappa shape index (κ3) is 5.80. The van der Waals surface area contributed by atoms with Crippen LogP contribution in [0.5, 0.6) is 0 Å². The van der Waals surface area contributed by atoms with E-state index in [0.29, 0.717) is 19.8 Å². The number of hydrogen-bond donors (Lipinski definition) is 0. The van der Waals surface area contributed by atoms with Crippen molar-refractivity contribution in [1.29, 1.82) is 0 Å². The average Bonchev–Trinajstić information content (AvgIpc) is 2.31. The molecule has 4 nitrogen and oxygen atoms in total. The van der Waals surface area contributed by atoms with Crippen LogP contribution in [0.15, 0.2) is 0 Å². The Kier molecular flexibility index (Phi) is 9.95. The van der Waals surface area contributed by atoms with Gasteiger partial charge in [-0.3, -0.25) is 0 Å². The summed E-state index contributed by atoms with van der Waals surface area (Å²) in [7, 11) is -2.97. The largest absolute Gasteiger partial charge is 0.679 e. The van der Waals surface area contributed by atoms with Gasteiger partial charge in [-0.25, -0.2) is 0 Å². The Labute approximate surface area is 113 Å². The summed E-state index contributed by atoms with van der Waals surface area (Å²) >= 11 is 0. The summed E-state index contributed by atoms with van der Waals surface area (Å²) in [5.74, 6) is 1.35. The molecule has 0 heterocycles. The van der Waals surface area contributed by atoms with Gasteiger partial charge >= 0.3 is 9.05 Å². The molecular formula is C13H29O4Si. The Morgan fingerprint density at radius 2 is 1.22 bits per heavy atom. The lowest BCUT2D eigenvalue weighted by atomic mass is 9.98. The second-order valence-electron chi connectivity index (χ2n) is 3.92. The van der Waals surface area contributed by atoms with Crippen molar-refractivity contribution in [1.82, 2.24) is 0 Å². The highest BCUT2D eigenvalue weighted by Gasteiger charge is 2.47. The molecule has 0 aliphatic rings. The Hall–Kier alpha value is 0.0569. The van der Waals surface area contributed by atoms with Crippen LogP contribution in [0.1, 0.15) is 54.4 Å². The molecule has 0 rings (SSSR count). The zero-order valence-electron chi connectivity index (χ0n) is 12.7. The van der Waals surface area contributed by atoms with Crippen LogP contribution >= 0.6 is 0 Å². The molecule has 1 atom stereocenters. The topological polar surface area (TPSA) is 36.9 Å². The summed E-state index contributed by atoms with van der Waals surface area (Å²) in [6.45, 7) is 13.7. The highest BCUT2D eigenvalue weighted by atomic mass is 28.4. The standard InChI is InChI=1S/C13H29O4Si/c1-7-13(8-2)12(6)17-18(14-9-3,15-10-4)16-11-5/h12H,7-11H2,1-6H3. The predicted molar refractivity (Wildman–Crippen MR) is 75.0 cm³/mol. The summed E-state index contributed by atoms with van der Waals surface area (Å²) in [5, 5.41) is 0. The van der Waals surface area contributed by atoms with E-state index < -0.39 is 9.05 Å². The molecule has 0 aromatic heterocycles. The lowest BCUT2D eigenvalue weighted by Gasteiger charge is -2.32. The molecule has 0 saturated heterocycles. The van der Waals surface area contributed by atoms with E-state index in [4.69, 9.17) is 17.7 Å². The molecule has 0 spiro atoms. The molecule has 18 heavy (non-hydrogen) atoms. The normalized spacial score (nSPS) is 14.2. The minimum absolute atomic E-state index is 0.0105. The second kappa shape index (κ2) is 9.92. The molecule has 0 aliphatic heterocycles. The summed E-state index contributed by atoms with van der Waals surface area (Å²) in [4.78, 5) is 0. The molecule has 1 unspecified atom stereocenters. The van der Waals surface area contributed by atoms with Crippen LogP contribution in [0, 0.1) is 5.92 Å². The van der Waals surface area contributed by atoms with Gasteiger partial charge in [-0.05, 0) is 40.5 Å². The molecule has 0 aromatic carbocycles. The first-order valence-electron chi connectivity index (χ1n) is 7.03. The Balaban J connectivity index is 4.72. The van der Waals surface area contributed by atoms with Gasteiger partial charge in [0, 0.05) is 25.7 Å². The van der Waals surface area contributed by atoms with E-state index >= 15 is 0 Å². The molecule has 5 heteroatoms. The van der Waals surface area contributed by atoms with E-state index in [2.05, 4.69) is 13.8 Å². The van der Waals surface area contributed by atoms with Gasteiger partial charge in [0.25, 0.3) is 0 Å². The maximum atomic E-state index is 6.04. The summed E-state index contributed by atoms with van der Waals surface area (Å²) in [6, 6.07) is 0. The maximum Gasteiger partial charge on any atom is 0.679 e. The summed E-state index contributed by atoms with van der Waals surface area (Å²) in [5.41, 5.74) is 0. The number of rotatable bonds is 11. The molecule has 0 saturated carbocycles. The van der Waals surface area contributed by atoms with Crippen LogP contribution in [0.3, 0.4) is 0 Å². The van der Waals surface area contributed by atoms with Crippen LogP contribution in [-0.4, -0.2) is 35.0 Å². The molecule has 0 fully saturated rings. The van der Waals surface area contributed by atoms with Gasteiger partial charge in [0.05, 0.1) is 6.10 Å². The third-order valence-electron chi connectivity index (χ3n) is 2.77. The van der Waals surface area contributed by atoms with Crippen LogP contribution in [-0.2, 0) is 17.7 Å². The van der Waals surface area contributed by atoms with Crippen LogP contribution in [0.2, 0.25) is 0 Å². The first kappa shape index (κ1) is 18.1. The molecule has 0 aliphatic carbocycles. The van der Waals surface area contributed by atoms with Gasteiger partial charge in [0.2, 0.25) is 0 Å². The van der Waals surface area contributed by atoms with E-state index in [0.717, 1.165) is 12.8 Å². The monoisotopic (exact) mass is 277 g/mol. The van der Waals surface area contributed by atoms with Crippen LogP contribution in [0.25, 0.3) is 0 Å². The smallest absolute Gasteiger partial charge is 0.351 e. The Morgan fingerprint density at radius 1 is 0.833 bits per heavy atom. The van der Waals surface area contributed by atoms with E-state index in [1.54, 1.807) is 0 Å². The van der Waals surface area contributed by atoms with Crippen molar-refractivity contribution in [2.75, 3.05) is 19.8 Å². The van der Waals surface area contributed by atoms with Gasteiger partial charge in [0.1, 0.15) is 0 Å². The number of hydrogen-bond acceptors (Lipinski definition) is 4. The highest BCUT2D eigenvalue weighted by Crippen LogP contribution is 2.23. The fourth-order valence-corrected chi connectivity index (χ4v) is 4.00. The van der Waals surface area contributed by atoms with Crippen molar-refractivity contribution in [3.63, 3.8) is 0 Å². The molecule has 0 aromatic rings. The van der Waals surface area contributed by atoms with Crippen LogP contribution < -0.4 is 0 Å². The quantitative estimate of drug-likeness (QED) is 0.543. The SMILES string of the molecule is CCO[Si](OCC)(OCC)OC(C)[C](CC)CC. The Morgan fingerprint density at radius 3 is 1.50 bits per heavy atom. The van der Waals surface area contributed by atoms with Gasteiger partial charge in [0.15, 0.2) is 0 Å². The van der Waals surface area contributed by atoms with Gasteiger partial charge < -0.3 is 17.7 Å². The van der Waals surface area contributed by atoms with Gasteiger partial charge in [-0.1, -0.05) is 13.8 Å². The van der Waals surface area contributed by atoms with E-state index in [9.17, 15) is 0 Å². The van der Waals surface area contributed by atoms with E-state index in [1.165, 1.54) is 5.92 Å². The van der Waals surface area contributed by atoms with Crippen molar-refractivity contribution in [2.45, 2.75) is 60.5 Å². The van der Waals surface area contributed by atoms with E-state index in [-0.39, 0.29) is 6.10 Å². The molecule has 0 N–H and O–H groups in total. The fourth-order valence-electron chi connectivity index (χ4n) is 1.88. The van der Waals surface area contributed by atoms with Gasteiger partial charge in [-0.2, -0.15) is 0 Å². The zero-order valence-corrected chi connectivity index (χ0v) is 13.7. The molecule has 109 valence electrons. The molecule has 0 bridgehead atoms. The molecular weight excluding hydrogens is 248 g/mol. The zero-order chi connectivity index (χ0) is 14.0. The van der Waals surface area contributed by atoms with Crippen molar-refractivity contribution in [3.05, 3.63) is 5.92 Å². The van der Waals surface area contributed by atoms with E-state index in [1.807, 2.05) is 27.7 Å².